The summed E-state index contributed by atoms with van der Waals surface area (Å²) < 4.78 is 5.49. The third-order valence-electron chi connectivity index (χ3n) is 7.16. The van der Waals surface area contributed by atoms with Gasteiger partial charge in [-0.15, -0.1) is 0 Å². The number of carbonyl (C=O) groups excluding carboxylic acids is 1. The molecule has 2 aromatic rings. The minimum Gasteiger partial charge on any atom is -0.467 e. The number of ether oxygens (including phenoxy) is 1. The Hall–Kier alpha value is -3.86. The van der Waals surface area contributed by atoms with Crippen LogP contribution in [0, 0.1) is 11.3 Å². The maximum atomic E-state index is 12.3. The number of benzene rings is 1. The molecule has 35 heavy (non-hydrogen) atoms. The predicted molar refractivity (Wildman–Crippen MR) is 134 cm³/mol. The molecule has 0 spiro atoms. The number of aromatic nitrogens is 2. The molecule has 180 valence electrons. The van der Waals surface area contributed by atoms with E-state index in [9.17, 15) is 10.1 Å². The molecular formula is C27H30N6O2. The number of hydrogen-bond donors (Lipinski definition) is 0. The lowest BCUT2D eigenvalue weighted by molar-refractivity contribution is -0.128. The second-order valence-corrected chi connectivity index (χ2v) is 9.11. The Morgan fingerprint density at radius 3 is 2.89 bits per heavy atom. The van der Waals surface area contributed by atoms with Crippen molar-refractivity contribution in [2.45, 2.75) is 38.3 Å². The number of piperazine rings is 1. The van der Waals surface area contributed by atoms with Crippen molar-refractivity contribution in [2.24, 2.45) is 0 Å². The number of allylic oxidation sites excluding steroid dienone is 1. The molecule has 1 aromatic carbocycles. The monoisotopic (exact) mass is 470 g/mol. The van der Waals surface area contributed by atoms with Crippen molar-refractivity contribution < 1.29 is 9.53 Å². The average molecular weight is 471 g/mol. The van der Waals surface area contributed by atoms with Crippen molar-refractivity contribution in [3.8, 4) is 12.1 Å². The molecule has 3 aliphatic rings. The van der Waals surface area contributed by atoms with Gasteiger partial charge in [-0.2, -0.15) is 15.2 Å². The molecule has 0 saturated carbocycles. The van der Waals surface area contributed by atoms with Gasteiger partial charge in [-0.3, -0.25) is 4.79 Å². The van der Waals surface area contributed by atoms with Gasteiger partial charge in [0.15, 0.2) is 0 Å². The lowest BCUT2D eigenvalue weighted by atomic mass is 9.92. The summed E-state index contributed by atoms with van der Waals surface area (Å²) in [5.41, 5.74) is 6.09. The zero-order valence-corrected chi connectivity index (χ0v) is 20.1. The molecular weight excluding hydrogens is 440 g/mol. The number of nitriles is 1. The predicted octanol–water partition coefficient (Wildman–Crippen LogP) is 2.95. The van der Waals surface area contributed by atoms with Gasteiger partial charge < -0.3 is 19.4 Å². The van der Waals surface area contributed by atoms with Crippen LogP contribution in [0.4, 0.5) is 5.82 Å². The number of aryl methyl sites for hydroxylation is 1. The van der Waals surface area contributed by atoms with E-state index >= 15 is 0 Å². The van der Waals surface area contributed by atoms with E-state index in [0.29, 0.717) is 32.2 Å². The van der Waals surface area contributed by atoms with E-state index in [0.717, 1.165) is 42.9 Å². The summed E-state index contributed by atoms with van der Waals surface area (Å²) in [7, 11) is 1.59. The fraction of sp³-hybridized carbons (Fsp3) is 0.407. The highest BCUT2D eigenvalue weighted by Crippen LogP contribution is 2.35. The van der Waals surface area contributed by atoms with E-state index in [2.05, 4.69) is 52.8 Å². The summed E-state index contributed by atoms with van der Waals surface area (Å²) in [6, 6.07) is 11.0. The summed E-state index contributed by atoms with van der Waals surface area (Å²) in [4.78, 5) is 28.1. The van der Waals surface area contributed by atoms with Crippen LogP contribution in [0.25, 0.3) is 5.70 Å². The number of nitrogens with zero attached hydrogens (tertiary/aromatic N) is 6. The second kappa shape index (κ2) is 9.79. The van der Waals surface area contributed by atoms with Gasteiger partial charge in [0.2, 0.25) is 5.91 Å². The number of fused-ring (bicyclic) bond motifs is 2. The topological polar surface area (TPSA) is 85.6 Å². The van der Waals surface area contributed by atoms with Crippen molar-refractivity contribution >= 4 is 17.4 Å². The van der Waals surface area contributed by atoms with E-state index in [4.69, 9.17) is 14.7 Å². The van der Waals surface area contributed by atoms with Crippen LogP contribution in [0.3, 0.4) is 0 Å². The minimum atomic E-state index is -0.208. The van der Waals surface area contributed by atoms with E-state index in [1.54, 1.807) is 12.0 Å². The summed E-state index contributed by atoms with van der Waals surface area (Å²) in [5.74, 6) is 0.724. The van der Waals surface area contributed by atoms with Crippen LogP contribution in [-0.4, -0.2) is 65.0 Å². The van der Waals surface area contributed by atoms with Gasteiger partial charge in [0.05, 0.1) is 37.9 Å². The molecule has 0 bridgehead atoms. The maximum Gasteiger partial charge on any atom is 0.318 e. The smallest absolute Gasteiger partial charge is 0.318 e. The van der Waals surface area contributed by atoms with Crippen LogP contribution in [0.1, 0.15) is 35.2 Å². The molecule has 1 unspecified atom stereocenters. The Balaban J connectivity index is 1.44. The number of hydrogen-bond acceptors (Lipinski definition) is 7. The molecule has 1 aromatic heterocycles. The summed E-state index contributed by atoms with van der Waals surface area (Å²) in [6.07, 6.45) is 6.87. The highest BCUT2D eigenvalue weighted by atomic mass is 16.5. The Morgan fingerprint density at radius 1 is 1.23 bits per heavy atom. The first-order valence-corrected chi connectivity index (χ1v) is 12.1. The van der Waals surface area contributed by atoms with Gasteiger partial charge in [-0.1, -0.05) is 36.9 Å². The molecule has 8 nitrogen and oxygen atoms in total. The first-order chi connectivity index (χ1) is 17.1. The number of anilines is 1. The van der Waals surface area contributed by atoms with E-state index in [1.807, 2.05) is 0 Å². The lowest BCUT2D eigenvalue weighted by Gasteiger charge is -2.42. The van der Waals surface area contributed by atoms with Crippen LogP contribution in [0.15, 0.2) is 43.0 Å². The third kappa shape index (κ3) is 4.34. The highest BCUT2D eigenvalue weighted by Gasteiger charge is 2.33. The van der Waals surface area contributed by atoms with Gasteiger partial charge >= 0.3 is 6.01 Å². The van der Waals surface area contributed by atoms with Gasteiger partial charge in [0.1, 0.15) is 5.82 Å². The van der Waals surface area contributed by atoms with Crippen molar-refractivity contribution in [2.75, 3.05) is 38.2 Å². The normalized spacial score (nSPS) is 19.3. The first-order valence-electron chi connectivity index (χ1n) is 12.1. The first kappa shape index (κ1) is 22.9. The largest absolute Gasteiger partial charge is 0.467 e. The van der Waals surface area contributed by atoms with Gasteiger partial charge in [-0.05, 0) is 30.9 Å². The Kier molecular flexibility index (Phi) is 6.41. The van der Waals surface area contributed by atoms with Crippen LogP contribution < -0.4 is 9.64 Å². The summed E-state index contributed by atoms with van der Waals surface area (Å²) >= 11 is 0. The fourth-order valence-electron chi connectivity index (χ4n) is 5.44. The second-order valence-electron chi connectivity index (χ2n) is 9.11. The number of methoxy groups -OCH3 is 1. The number of carbonyl (C=O) groups is 1. The quantitative estimate of drug-likeness (QED) is 0.621. The van der Waals surface area contributed by atoms with Crippen LogP contribution in [0.5, 0.6) is 6.01 Å². The van der Waals surface area contributed by atoms with Crippen molar-refractivity contribution in [3.05, 3.63) is 65.4 Å². The molecule has 1 atom stereocenters. The zero-order chi connectivity index (χ0) is 24.4. The standard InChI is InChI=1S/C27H30N6O2/c1-3-25(34)33-16-15-32(17-20(33)11-13-28)26-22-12-14-31(18-23(22)29-27(30-26)35-2)24-10-6-8-19-7-4-5-9-21(19)24/h3-5,7,9-10,20H,1,6,8,11-12,14-18H2,2H3. The van der Waals surface area contributed by atoms with Gasteiger partial charge in [-0.25, -0.2) is 0 Å². The molecule has 1 fully saturated rings. The van der Waals surface area contributed by atoms with Gasteiger partial charge in [0, 0.05) is 43.0 Å². The van der Waals surface area contributed by atoms with Crippen molar-refractivity contribution in [3.63, 3.8) is 0 Å². The molecule has 2 aliphatic heterocycles. The Bertz CT molecular complexity index is 1220. The number of amides is 1. The van der Waals surface area contributed by atoms with Gasteiger partial charge in [0.25, 0.3) is 0 Å². The molecule has 5 rings (SSSR count). The van der Waals surface area contributed by atoms with Crippen molar-refractivity contribution in [1.29, 1.82) is 5.26 Å². The molecule has 0 radical (unpaired) electrons. The number of rotatable bonds is 5. The summed E-state index contributed by atoms with van der Waals surface area (Å²) in [5, 5.41) is 9.36. The molecule has 1 saturated heterocycles. The van der Waals surface area contributed by atoms with Crippen LogP contribution in [0.2, 0.25) is 0 Å². The minimum absolute atomic E-state index is 0.135. The average Bonchev–Trinajstić information content (AvgIpc) is 2.91. The maximum absolute atomic E-state index is 12.3. The lowest BCUT2D eigenvalue weighted by Crippen LogP contribution is -2.55. The fourth-order valence-corrected chi connectivity index (χ4v) is 5.44. The zero-order valence-electron chi connectivity index (χ0n) is 20.1. The molecule has 1 amide bonds. The van der Waals surface area contributed by atoms with E-state index in [1.165, 1.54) is 22.9 Å². The molecule has 0 N–H and O–H groups in total. The molecule has 3 heterocycles. The SMILES string of the molecule is C=CC(=O)N1CCN(c2nc(OC)nc3c2CCN(C2=CCCc4ccccc42)C3)CC1CC#N. The van der Waals surface area contributed by atoms with E-state index in [-0.39, 0.29) is 18.4 Å². The van der Waals surface area contributed by atoms with Crippen LogP contribution >= 0.6 is 0 Å². The Labute approximate surface area is 206 Å². The van der Waals surface area contributed by atoms with Crippen molar-refractivity contribution in [1.82, 2.24) is 19.8 Å². The molecule has 1 aliphatic carbocycles. The third-order valence-corrected chi connectivity index (χ3v) is 7.16. The molecule has 8 heteroatoms. The van der Waals surface area contributed by atoms with Crippen LogP contribution in [-0.2, 0) is 24.2 Å². The highest BCUT2D eigenvalue weighted by molar-refractivity contribution is 5.87. The Morgan fingerprint density at radius 2 is 2.09 bits per heavy atom. The van der Waals surface area contributed by atoms with E-state index < -0.39 is 0 Å². The summed E-state index contributed by atoms with van der Waals surface area (Å²) in [6.45, 7) is 6.89.